The van der Waals surface area contributed by atoms with E-state index in [2.05, 4.69) is 31.8 Å². The summed E-state index contributed by atoms with van der Waals surface area (Å²) in [6.07, 6.45) is 9.37. The van der Waals surface area contributed by atoms with Gasteiger partial charge < -0.3 is 0 Å². The van der Waals surface area contributed by atoms with Crippen molar-refractivity contribution in [2.75, 3.05) is 6.61 Å². The van der Waals surface area contributed by atoms with Gasteiger partial charge in [0.25, 0.3) is 0 Å². The van der Waals surface area contributed by atoms with Crippen molar-refractivity contribution in [3.63, 3.8) is 0 Å². The number of carbonyl (C=O) groups excluding carboxylic acids is 1. The molecule has 3 nitrogen and oxygen atoms in total. The van der Waals surface area contributed by atoms with Crippen LogP contribution in [0, 0.1) is 0 Å². The van der Waals surface area contributed by atoms with Crippen molar-refractivity contribution in [3.05, 3.63) is 33.8 Å². The van der Waals surface area contributed by atoms with E-state index in [1.807, 2.05) is 0 Å². The van der Waals surface area contributed by atoms with Crippen molar-refractivity contribution < 1.29 is 13.9 Å². The summed E-state index contributed by atoms with van der Waals surface area (Å²) in [6.45, 7) is 9.39. The van der Waals surface area contributed by atoms with Gasteiger partial charge >= 0.3 is 158 Å². The van der Waals surface area contributed by atoms with Gasteiger partial charge in [0.2, 0.25) is 0 Å². The summed E-state index contributed by atoms with van der Waals surface area (Å²) in [4.78, 5) is 12.0. The number of hydrogen-bond donors (Lipinski definition) is 0. The molecule has 0 fully saturated rings. The fraction of sp³-hybridized carbons (Fsp3) is 0.667. The van der Waals surface area contributed by atoms with Crippen LogP contribution in [0.3, 0.4) is 0 Å². The molecule has 0 aromatic carbocycles. The van der Waals surface area contributed by atoms with Crippen LogP contribution >= 0.6 is 0 Å². The van der Waals surface area contributed by atoms with Gasteiger partial charge in [-0.2, -0.15) is 0 Å². The second-order valence-electron chi connectivity index (χ2n) is 7.22. The third-order valence-corrected chi connectivity index (χ3v) is 19.5. The summed E-state index contributed by atoms with van der Waals surface area (Å²) in [5.74, 6) is -0.0836. The van der Waals surface area contributed by atoms with Gasteiger partial charge in [-0.25, -0.2) is 0 Å². The van der Waals surface area contributed by atoms with Gasteiger partial charge in [0.15, 0.2) is 0 Å². The quantitative estimate of drug-likeness (QED) is 0.244. The number of hydrogen-bond acceptors (Lipinski definition) is 3. The SMILES string of the molecule is CCC[CH2][Sn](/[CH]=C(\C)COC(=O)c1ccco1)([CH2]CCC)[CH2]CCC. The zero-order valence-corrected chi connectivity index (χ0v) is 19.5. The van der Waals surface area contributed by atoms with Gasteiger partial charge in [-0.3, -0.25) is 0 Å². The van der Waals surface area contributed by atoms with E-state index in [0.29, 0.717) is 6.61 Å². The van der Waals surface area contributed by atoms with Crippen LogP contribution in [-0.4, -0.2) is 31.0 Å². The van der Waals surface area contributed by atoms with Crippen LogP contribution < -0.4 is 0 Å². The number of rotatable bonds is 13. The molecule has 4 heteroatoms. The number of esters is 1. The topological polar surface area (TPSA) is 39.4 Å². The molecule has 0 atom stereocenters. The Bertz CT molecular complexity index is 483. The van der Waals surface area contributed by atoms with Gasteiger partial charge in [-0.1, -0.05) is 0 Å². The van der Waals surface area contributed by atoms with E-state index in [-0.39, 0.29) is 11.7 Å². The van der Waals surface area contributed by atoms with Gasteiger partial charge in [0.1, 0.15) is 0 Å². The predicted octanol–water partition coefficient (Wildman–Crippen LogP) is 6.77. The maximum absolute atomic E-state index is 12.0. The zero-order chi connectivity index (χ0) is 18.5. The average molecular weight is 455 g/mol. The Hall–Kier alpha value is -0.711. The van der Waals surface area contributed by atoms with Crippen molar-refractivity contribution in [2.45, 2.75) is 79.5 Å². The number of carbonyl (C=O) groups is 1. The molecule has 1 aromatic heterocycles. The molecular formula is C21H36O3Sn. The maximum atomic E-state index is 12.0. The van der Waals surface area contributed by atoms with Gasteiger partial charge in [0.05, 0.1) is 0 Å². The molecule has 1 aromatic rings. The molecule has 25 heavy (non-hydrogen) atoms. The predicted molar refractivity (Wildman–Crippen MR) is 108 cm³/mol. The summed E-state index contributed by atoms with van der Waals surface area (Å²) in [6, 6.07) is 3.36. The van der Waals surface area contributed by atoms with Crippen molar-refractivity contribution in [3.8, 4) is 0 Å². The Morgan fingerprint density at radius 3 is 2.08 bits per heavy atom. The van der Waals surface area contributed by atoms with Crippen LogP contribution in [0.1, 0.15) is 76.8 Å². The van der Waals surface area contributed by atoms with Gasteiger partial charge in [0, 0.05) is 0 Å². The van der Waals surface area contributed by atoms with Crippen LogP contribution in [-0.2, 0) is 4.74 Å². The first-order chi connectivity index (χ1) is 12.1. The first-order valence-electron chi connectivity index (χ1n) is 9.95. The number of ether oxygens (including phenoxy) is 1. The molecule has 0 aliphatic rings. The molecule has 0 aliphatic heterocycles. The Balaban J connectivity index is 2.78. The first kappa shape index (κ1) is 22.3. The number of furan rings is 1. The molecule has 0 spiro atoms. The summed E-state index contributed by atoms with van der Waals surface area (Å²) in [5.41, 5.74) is 1.24. The summed E-state index contributed by atoms with van der Waals surface area (Å²) >= 11 is -2.30. The van der Waals surface area contributed by atoms with E-state index >= 15 is 0 Å². The normalized spacial score (nSPS) is 12.4. The molecule has 0 unspecified atom stereocenters. The molecular weight excluding hydrogens is 419 g/mol. The molecule has 1 heterocycles. The third-order valence-electron chi connectivity index (χ3n) is 4.79. The minimum absolute atomic E-state index is 0.283. The van der Waals surface area contributed by atoms with E-state index in [9.17, 15) is 4.79 Å². The van der Waals surface area contributed by atoms with Crippen LogP contribution in [0.4, 0.5) is 0 Å². The van der Waals surface area contributed by atoms with Crippen molar-refractivity contribution >= 4 is 24.3 Å². The van der Waals surface area contributed by atoms with Crippen LogP contribution in [0.5, 0.6) is 0 Å². The second-order valence-corrected chi connectivity index (χ2v) is 20.1. The molecule has 0 saturated heterocycles. The Labute approximate surface area is 158 Å². The van der Waals surface area contributed by atoms with E-state index in [1.54, 1.807) is 12.1 Å². The van der Waals surface area contributed by atoms with E-state index in [0.717, 1.165) is 0 Å². The zero-order valence-electron chi connectivity index (χ0n) is 16.6. The summed E-state index contributed by atoms with van der Waals surface area (Å²) in [7, 11) is 0. The standard InChI is InChI=1S/C9H9O3.3C4H9.Sn/c1-7(2)6-12-9(10)8-4-3-5-11-8;3*1-3-4-2;/h1,3-5H,6H2,2H3;3*1,3-4H2,2H3;. The van der Waals surface area contributed by atoms with Crippen molar-refractivity contribution in [2.24, 2.45) is 0 Å². The summed E-state index contributed by atoms with van der Waals surface area (Å²) < 4.78 is 17.5. The molecule has 0 amide bonds. The molecule has 1 rings (SSSR count). The van der Waals surface area contributed by atoms with Gasteiger partial charge in [-0.05, 0) is 0 Å². The molecule has 142 valence electrons. The molecule has 0 aliphatic carbocycles. The molecule has 0 radical (unpaired) electrons. The van der Waals surface area contributed by atoms with Crippen molar-refractivity contribution in [1.82, 2.24) is 0 Å². The van der Waals surface area contributed by atoms with E-state index in [1.165, 1.54) is 63.7 Å². The van der Waals surface area contributed by atoms with Crippen LogP contribution in [0.15, 0.2) is 32.5 Å². The minimum atomic E-state index is -2.30. The first-order valence-corrected chi connectivity index (χ1v) is 17.7. The number of unbranched alkanes of at least 4 members (excludes halogenated alkanes) is 3. The van der Waals surface area contributed by atoms with Crippen LogP contribution in [0.2, 0.25) is 13.3 Å². The Kier molecular flexibility index (Phi) is 11.3. The fourth-order valence-corrected chi connectivity index (χ4v) is 19.0. The van der Waals surface area contributed by atoms with Crippen LogP contribution in [0.25, 0.3) is 0 Å². The van der Waals surface area contributed by atoms with E-state index < -0.39 is 18.4 Å². The monoisotopic (exact) mass is 456 g/mol. The third kappa shape index (κ3) is 8.48. The molecule has 0 bridgehead atoms. The van der Waals surface area contributed by atoms with Crippen molar-refractivity contribution in [1.29, 1.82) is 0 Å². The Morgan fingerprint density at radius 2 is 1.64 bits per heavy atom. The second kappa shape index (κ2) is 12.6. The average Bonchev–Trinajstić information content (AvgIpc) is 3.15. The molecule has 0 saturated carbocycles. The van der Waals surface area contributed by atoms with Gasteiger partial charge in [-0.15, -0.1) is 0 Å². The Morgan fingerprint density at radius 1 is 1.08 bits per heavy atom. The molecule has 0 N–H and O–H groups in total. The fourth-order valence-electron chi connectivity index (χ4n) is 3.39. The summed E-state index contributed by atoms with van der Waals surface area (Å²) in [5, 5.41) is 0. The van der Waals surface area contributed by atoms with E-state index in [4.69, 9.17) is 9.15 Å².